The fourth-order valence-electron chi connectivity index (χ4n) is 5.26. The van der Waals surface area contributed by atoms with Crippen LogP contribution in [-0.4, -0.2) is 36.5 Å². The van der Waals surface area contributed by atoms with Crippen LogP contribution in [0.25, 0.3) is 0 Å². The van der Waals surface area contributed by atoms with E-state index in [4.69, 9.17) is 0 Å². The highest BCUT2D eigenvalue weighted by atomic mass is 32.2. The van der Waals surface area contributed by atoms with Crippen LogP contribution in [-0.2, 0) is 0 Å². The monoisotopic (exact) mass is 590 g/mol. The molecule has 0 fully saturated rings. The molecular weight excluding hydrogens is 515 g/mol. The van der Waals surface area contributed by atoms with Gasteiger partial charge in [0.05, 0.1) is 0 Å². The van der Waals surface area contributed by atoms with Crippen molar-refractivity contribution >= 4 is 11.8 Å². The Morgan fingerprint density at radius 2 is 0.780 bits per heavy atom. The lowest BCUT2D eigenvalue weighted by Crippen LogP contribution is -2.22. The molecule has 0 aromatic rings. The van der Waals surface area contributed by atoms with Crippen molar-refractivity contribution in [3.05, 3.63) is 36.5 Å². The average Bonchev–Trinajstić information content (AvgIpc) is 2.98. The topological polar surface area (TPSA) is 3.24 Å². The first-order chi connectivity index (χ1) is 20.3. The van der Waals surface area contributed by atoms with Gasteiger partial charge in [-0.3, -0.25) is 0 Å². The summed E-state index contributed by atoms with van der Waals surface area (Å²) < 4.78 is 0. The SMILES string of the molecule is CCCCC/C=C\C/C=C\CCCCCCCCN(C)CCSCCCCCCCC/C=C\CCCCCCCC. The molecule has 0 saturated heterocycles. The molecule has 0 amide bonds. The molecule has 0 aromatic heterocycles. The first kappa shape index (κ1) is 40.5. The van der Waals surface area contributed by atoms with E-state index < -0.39 is 0 Å². The summed E-state index contributed by atoms with van der Waals surface area (Å²) >= 11 is 2.17. The number of hydrogen-bond acceptors (Lipinski definition) is 2. The zero-order valence-electron chi connectivity index (χ0n) is 28.5. The van der Waals surface area contributed by atoms with E-state index in [1.807, 2.05) is 0 Å². The van der Waals surface area contributed by atoms with E-state index in [2.05, 4.69) is 74.0 Å². The Bertz CT molecular complexity index is 552. The molecule has 0 rings (SSSR count). The minimum atomic E-state index is 1.12. The zero-order chi connectivity index (χ0) is 29.7. The van der Waals surface area contributed by atoms with E-state index in [0.717, 1.165) is 6.42 Å². The highest BCUT2D eigenvalue weighted by Gasteiger charge is 1.99. The van der Waals surface area contributed by atoms with Gasteiger partial charge in [-0.15, -0.1) is 0 Å². The molecule has 0 aromatic carbocycles. The molecule has 0 spiro atoms. The van der Waals surface area contributed by atoms with Crippen LogP contribution < -0.4 is 0 Å². The van der Waals surface area contributed by atoms with E-state index in [0.29, 0.717) is 0 Å². The Morgan fingerprint density at radius 3 is 1.32 bits per heavy atom. The van der Waals surface area contributed by atoms with Crippen LogP contribution in [0.1, 0.15) is 181 Å². The minimum absolute atomic E-state index is 1.12. The van der Waals surface area contributed by atoms with Gasteiger partial charge in [-0.1, -0.05) is 147 Å². The van der Waals surface area contributed by atoms with E-state index in [1.165, 1.54) is 185 Å². The summed E-state index contributed by atoms with van der Waals surface area (Å²) in [6.07, 6.45) is 50.0. The third-order valence-electron chi connectivity index (χ3n) is 8.16. The van der Waals surface area contributed by atoms with Crippen LogP contribution in [0.2, 0.25) is 0 Å². The van der Waals surface area contributed by atoms with Gasteiger partial charge in [0.15, 0.2) is 0 Å². The molecule has 0 aliphatic carbocycles. The molecule has 0 heterocycles. The second-order valence-corrected chi connectivity index (χ2v) is 13.7. The quantitative estimate of drug-likeness (QED) is 0.0542. The molecule has 242 valence electrons. The summed E-state index contributed by atoms with van der Waals surface area (Å²) in [5.74, 6) is 2.67. The van der Waals surface area contributed by atoms with Gasteiger partial charge in [0, 0.05) is 12.3 Å². The maximum Gasteiger partial charge on any atom is 0.00693 e. The first-order valence-electron chi connectivity index (χ1n) is 18.5. The number of hydrogen-bond donors (Lipinski definition) is 0. The first-order valence-corrected chi connectivity index (χ1v) is 19.7. The second kappa shape index (κ2) is 37.6. The van der Waals surface area contributed by atoms with Crippen molar-refractivity contribution in [3.63, 3.8) is 0 Å². The molecule has 0 saturated carbocycles. The zero-order valence-corrected chi connectivity index (χ0v) is 29.3. The molecule has 41 heavy (non-hydrogen) atoms. The Balaban J connectivity index is 3.24. The van der Waals surface area contributed by atoms with Gasteiger partial charge in [-0.2, -0.15) is 11.8 Å². The summed E-state index contributed by atoms with van der Waals surface area (Å²) in [5.41, 5.74) is 0. The number of unbranched alkanes of at least 4 members (excludes halogenated alkanes) is 21. The lowest BCUT2D eigenvalue weighted by Gasteiger charge is -2.16. The summed E-state index contributed by atoms with van der Waals surface area (Å²) in [4.78, 5) is 2.55. The maximum absolute atomic E-state index is 2.55. The Morgan fingerprint density at radius 1 is 0.390 bits per heavy atom. The largest absolute Gasteiger partial charge is 0.306 e. The smallest absolute Gasteiger partial charge is 0.00693 e. The van der Waals surface area contributed by atoms with Crippen LogP contribution in [0.15, 0.2) is 36.5 Å². The predicted octanol–water partition coefficient (Wildman–Crippen LogP) is 13.5. The van der Waals surface area contributed by atoms with Gasteiger partial charge >= 0.3 is 0 Å². The van der Waals surface area contributed by atoms with Gasteiger partial charge in [0.25, 0.3) is 0 Å². The van der Waals surface area contributed by atoms with Crippen molar-refractivity contribution in [3.8, 4) is 0 Å². The van der Waals surface area contributed by atoms with Crippen molar-refractivity contribution < 1.29 is 0 Å². The summed E-state index contributed by atoms with van der Waals surface area (Å²) in [6, 6.07) is 0. The van der Waals surface area contributed by atoms with Gasteiger partial charge < -0.3 is 4.90 Å². The van der Waals surface area contributed by atoms with Crippen molar-refractivity contribution in [2.75, 3.05) is 31.6 Å². The third kappa shape index (κ3) is 37.5. The standard InChI is InChI=1S/C39H75NS/c1-4-6-8-10-12-14-16-18-20-22-24-26-28-30-32-34-36-40(3)37-39-41-38-35-33-31-29-27-25-23-21-19-17-15-13-11-9-7-5-2/h12,14,18-21H,4-11,13,15-17,22-39H2,1-3H3/b14-12-,20-18-,21-19-. The summed E-state index contributed by atoms with van der Waals surface area (Å²) in [5, 5.41) is 0. The summed E-state index contributed by atoms with van der Waals surface area (Å²) in [7, 11) is 2.32. The van der Waals surface area contributed by atoms with Gasteiger partial charge in [0.2, 0.25) is 0 Å². The molecular formula is C39H75NS. The van der Waals surface area contributed by atoms with Gasteiger partial charge in [-0.25, -0.2) is 0 Å². The fourth-order valence-corrected chi connectivity index (χ4v) is 6.31. The van der Waals surface area contributed by atoms with Crippen molar-refractivity contribution in [2.24, 2.45) is 0 Å². The van der Waals surface area contributed by atoms with Crippen LogP contribution in [0.3, 0.4) is 0 Å². The number of thioether (sulfide) groups is 1. The van der Waals surface area contributed by atoms with Crippen LogP contribution in [0.5, 0.6) is 0 Å². The van der Waals surface area contributed by atoms with Crippen molar-refractivity contribution in [1.82, 2.24) is 4.90 Å². The molecule has 0 aliphatic heterocycles. The molecule has 0 aliphatic rings. The highest BCUT2D eigenvalue weighted by Crippen LogP contribution is 2.13. The van der Waals surface area contributed by atoms with Crippen molar-refractivity contribution in [1.29, 1.82) is 0 Å². The van der Waals surface area contributed by atoms with E-state index in [1.54, 1.807) is 0 Å². The maximum atomic E-state index is 2.55. The molecule has 1 nitrogen and oxygen atoms in total. The molecule has 0 radical (unpaired) electrons. The van der Waals surface area contributed by atoms with Crippen LogP contribution in [0, 0.1) is 0 Å². The Hall–Kier alpha value is -0.470. The Kier molecular flexibility index (Phi) is 37.1. The van der Waals surface area contributed by atoms with E-state index >= 15 is 0 Å². The minimum Gasteiger partial charge on any atom is -0.306 e. The fraction of sp³-hybridized carbons (Fsp3) is 0.846. The molecule has 0 N–H and O–H groups in total. The molecule has 0 atom stereocenters. The third-order valence-corrected chi connectivity index (χ3v) is 9.21. The van der Waals surface area contributed by atoms with E-state index in [9.17, 15) is 0 Å². The second-order valence-electron chi connectivity index (χ2n) is 12.4. The predicted molar refractivity (Wildman–Crippen MR) is 194 cm³/mol. The highest BCUT2D eigenvalue weighted by molar-refractivity contribution is 7.99. The molecule has 0 unspecified atom stereocenters. The average molecular weight is 590 g/mol. The number of rotatable bonds is 34. The van der Waals surface area contributed by atoms with Gasteiger partial charge in [-0.05, 0) is 90.0 Å². The van der Waals surface area contributed by atoms with Crippen LogP contribution in [0.4, 0.5) is 0 Å². The molecule has 0 bridgehead atoms. The summed E-state index contributed by atoms with van der Waals surface area (Å²) in [6.45, 7) is 7.11. The number of nitrogens with zero attached hydrogens (tertiary/aromatic N) is 1. The normalized spacial score (nSPS) is 12.3. The van der Waals surface area contributed by atoms with Crippen LogP contribution >= 0.6 is 11.8 Å². The lowest BCUT2D eigenvalue weighted by molar-refractivity contribution is 0.343. The number of allylic oxidation sites excluding steroid dienone is 6. The Labute approximate surface area is 264 Å². The lowest BCUT2D eigenvalue weighted by atomic mass is 10.1. The molecule has 2 heteroatoms. The van der Waals surface area contributed by atoms with Gasteiger partial charge in [0.1, 0.15) is 0 Å². The van der Waals surface area contributed by atoms with E-state index in [-0.39, 0.29) is 0 Å². The van der Waals surface area contributed by atoms with Crippen molar-refractivity contribution in [2.45, 2.75) is 181 Å².